The highest BCUT2D eigenvalue weighted by atomic mass is 32.2. The molecule has 0 aliphatic carbocycles. The number of nitrogens with one attached hydrogen (secondary N) is 1. The number of sulfonamides is 1. The highest BCUT2D eigenvalue weighted by molar-refractivity contribution is 7.88. The summed E-state index contributed by atoms with van der Waals surface area (Å²) in [5, 5.41) is 15.1. The molecule has 0 aromatic carbocycles. The van der Waals surface area contributed by atoms with Crippen LogP contribution in [0.15, 0.2) is 34.5 Å². The molecule has 12 heteroatoms. The topological polar surface area (TPSA) is 122 Å². The van der Waals surface area contributed by atoms with E-state index >= 15 is 0 Å². The van der Waals surface area contributed by atoms with Crippen LogP contribution >= 0.6 is 0 Å². The van der Waals surface area contributed by atoms with Gasteiger partial charge in [-0.15, -0.1) is 16.8 Å². The van der Waals surface area contributed by atoms with Gasteiger partial charge in [-0.25, -0.2) is 13.4 Å². The zero-order valence-corrected chi connectivity index (χ0v) is 17.5. The van der Waals surface area contributed by atoms with E-state index in [1.165, 1.54) is 10.6 Å². The van der Waals surface area contributed by atoms with Crippen LogP contribution in [0.1, 0.15) is 17.3 Å². The maximum Gasteiger partial charge on any atom is 0.220 e. The third-order valence-corrected chi connectivity index (χ3v) is 6.52. The molecule has 0 atom stereocenters. The fourth-order valence-corrected chi connectivity index (χ4v) is 4.36. The van der Waals surface area contributed by atoms with Gasteiger partial charge in [0.1, 0.15) is 24.4 Å². The lowest BCUT2D eigenvalue weighted by Crippen LogP contribution is -2.54. The molecule has 0 amide bonds. The van der Waals surface area contributed by atoms with Gasteiger partial charge in [-0.05, 0) is 6.92 Å². The van der Waals surface area contributed by atoms with Crippen LogP contribution in [0.3, 0.4) is 0 Å². The minimum Gasteiger partial charge on any atom is -0.364 e. The lowest BCUT2D eigenvalue weighted by Gasteiger charge is -2.35. The molecular weight excluding hydrogens is 396 g/mol. The van der Waals surface area contributed by atoms with Crippen LogP contribution in [0.4, 0.5) is 0 Å². The van der Waals surface area contributed by atoms with Crippen molar-refractivity contribution >= 4 is 16.0 Å². The normalized spacial score (nSPS) is 16.2. The maximum atomic E-state index is 12.6. The Morgan fingerprint density at radius 2 is 2.10 bits per heavy atom. The zero-order valence-electron chi connectivity index (χ0n) is 16.7. The first-order chi connectivity index (χ1) is 13.9. The number of rotatable bonds is 7. The smallest absolute Gasteiger partial charge is 0.220 e. The number of aryl methyl sites for hydroxylation is 1. The van der Waals surface area contributed by atoms with Crippen LogP contribution in [-0.2, 0) is 29.4 Å². The Labute approximate surface area is 170 Å². The highest BCUT2D eigenvalue weighted by Crippen LogP contribution is 2.13. The van der Waals surface area contributed by atoms with E-state index in [1.54, 1.807) is 12.1 Å². The number of piperazine rings is 1. The largest absolute Gasteiger partial charge is 0.364 e. The van der Waals surface area contributed by atoms with Gasteiger partial charge >= 0.3 is 0 Å². The Balaban J connectivity index is 1.64. The standard InChI is InChI=1S/C17H26N8O3S/c1-4-6-18-17(19-12-16-21-20-14(2)23(16)3)24-7-9-25(10-8-24)29(26,27)13-15-5-11-28-22-15/h4-5,11H,1,6-10,12-13H2,2-3H3,(H,18,19). The molecule has 1 N–H and O–H groups in total. The van der Waals surface area contributed by atoms with Crippen LogP contribution in [0.25, 0.3) is 0 Å². The van der Waals surface area contributed by atoms with Gasteiger partial charge in [0.2, 0.25) is 10.0 Å². The number of aliphatic imine (C=N–C) groups is 1. The monoisotopic (exact) mass is 422 g/mol. The molecule has 3 heterocycles. The summed E-state index contributed by atoms with van der Waals surface area (Å²) in [6.07, 6.45) is 3.12. The molecule has 0 bridgehead atoms. The van der Waals surface area contributed by atoms with Crippen molar-refractivity contribution in [1.82, 2.24) is 34.4 Å². The second kappa shape index (κ2) is 9.18. The summed E-state index contributed by atoms with van der Waals surface area (Å²) in [5.41, 5.74) is 0.404. The molecule has 1 aliphatic heterocycles. The lowest BCUT2D eigenvalue weighted by atomic mass is 10.4. The summed E-state index contributed by atoms with van der Waals surface area (Å²) in [6.45, 7) is 8.35. The number of hydrogen-bond acceptors (Lipinski definition) is 7. The van der Waals surface area contributed by atoms with Crippen molar-refractivity contribution in [1.29, 1.82) is 0 Å². The second-order valence-electron chi connectivity index (χ2n) is 6.66. The van der Waals surface area contributed by atoms with Crippen LogP contribution < -0.4 is 5.32 Å². The molecule has 2 aromatic rings. The predicted octanol–water partition coefficient (Wildman–Crippen LogP) is -0.109. The van der Waals surface area contributed by atoms with E-state index in [2.05, 4.69) is 32.2 Å². The van der Waals surface area contributed by atoms with Gasteiger partial charge in [0, 0.05) is 45.8 Å². The van der Waals surface area contributed by atoms with Crippen LogP contribution in [0, 0.1) is 6.92 Å². The Bertz CT molecular complexity index is 943. The fourth-order valence-electron chi connectivity index (χ4n) is 2.93. The van der Waals surface area contributed by atoms with Gasteiger partial charge in [-0.2, -0.15) is 4.31 Å². The van der Waals surface area contributed by atoms with E-state index in [0.717, 1.165) is 11.6 Å². The molecule has 158 valence electrons. The Morgan fingerprint density at radius 3 is 2.69 bits per heavy atom. The van der Waals surface area contributed by atoms with Crippen molar-refractivity contribution in [3.63, 3.8) is 0 Å². The maximum absolute atomic E-state index is 12.6. The quantitative estimate of drug-likeness (QED) is 0.373. The minimum absolute atomic E-state index is 0.162. The molecule has 0 spiro atoms. The Kier molecular flexibility index (Phi) is 6.64. The van der Waals surface area contributed by atoms with E-state index in [9.17, 15) is 8.42 Å². The Hall–Kier alpha value is -2.73. The van der Waals surface area contributed by atoms with Crippen molar-refractivity contribution < 1.29 is 12.9 Å². The third-order valence-electron chi connectivity index (χ3n) is 4.71. The summed E-state index contributed by atoms with van der Waals surface area (Å²) >= 11 is 0. The van der Waals surface area contributed by atoms with E-state index in [1.807, 2.05) is 23.4 Å². The molecule has 0 radical (unpaired) electrons. The van der Waals surface area contributed by atoms with Gasteiger partial charge in [-0.3, -0.25) is 0 Å². The number of nitrogens with zero attached hydrogens (tertiary/aromatic N) is 7. The van der Waals surface area contributed by atoms with Crippen LogP contribution in [-0.4, -0.2) is 76.2 Å². The lowest BCUT2D eigenvalue weighted by molar-refractivity contribution is 0.260. The molecule has 0 unspecified atom stereocenters. The Morgan fingerprint density at radius 1 is 1.34 bits per heavy atom. The molecule has 1 aliphatic rings. The minimum atomic E-state index is -3.44. The molecule has 1 saturated heterocycles. The van der Waals surface area contributed by atoms with Crippen molar-refractivity contribution in [2.24, 2.45) is 12.0 Å². The molecule has 2 aromatic heterocycles. The van der Waals surface area contributed by atoms with E-state index in [4.69, 9.17) is 4.52 Å². The van der Waals surface area contributed by atoms with Crippen molar-refractivity contribution in [2.75, 3.05) is 32.7 Å². The van der Waals surface area contributed by atoms with Gasteiger partial charge in [0.25, 0.3) is 0 Å². The fraction of sp³-hybridized carbons (Fsp3) is 0.529. The van der Waals surface area contributed by atoms with Gasteiger partial charge in [0.05, 0.1) is 5.69 Å². The SMILES string of the molecule is C=CCNC(=NCc1nnc(C)n1C)N1CCN(S(=O)(=O)Cc2ccon2)CC1. The van der Waals surface area contributed by atoms with E-state index < -0.39 is 10.0 Å². The first kappa shape index (κ1) is 21.0. The van der Waals surface area contributed by atoms with Crippen molar-refractivity contribution in [3.05, 3.63) is 42.3 Å². The molecule has 11 nitrogen and oxygen atoms in total. The number of hydrogen-bond donors (Lipinski definition) is 1. The number of guanidine groups is 1. The summed E-state index contributed by atoms with van der Waals surface area (Å²) in [7, 11) is -1.55. The molecule has 0 saturated carbocycles. The van der Waals surface area contributed by atoms with Gasteiger partial charge in [-0.1, -0.05) is 11.2 Å². The average Bonchev–Trinajstić information content (AvgIpc) is 3.32. The van der Waals surface area contributed by atoms with E-state index in [0.29, 0.717) is 50.9 Å². The summed E-state index contributed by atoms with van der Waals surface area (Å²) in [4.78, 5) is 6.68. The van der Waals surface area contributed by atoms with Crippen molar-refractivity contribution in [3.8, 4) is 0 Å². The average molecular weight is 423 g/mol. The third kappa shape index (κ3) is 5.21. The predicted molar refractivity (Wildman–Crippen MR) is 107 cm³/mol. The summed E-state index contributed by atoms with van der Waals surface area (Å²) < 4.78 is 33.3. The van der Waals surface area contributed by atoms with Crippen LogP contribution in [0.2, 0.25) is 0 Å². The first-order valence-corrected chi connectivity index (χ1v) is 10.9. The van der Waals surface area contributed by atoms with Gasteiger partial charge in [0.15, 0.2) is 11.8 Å². The summed E-state index contributed by atoms with van der Waals surface area (Å²) in [5.74, 6) is 2.11. The molecule has 1 fully saturated rings. The highest BCUT2D eigenvalue weighted by Gasteiger charge is 2.29. The molecule has 3 rings (SSSR count). The van der Waals surface area contributed by atoms with Crippen LogP contribution in [0.5, 0.6) is 0 Å². The van der Waals surface area contributed by atoms with Gasteiger partial charge < -0.3 is 19.3 Å². The second-order valence-corrected chi connectivity index (χ2v) is 8.63. The van der Waals surface area contributed by atoms with E-state index in [-0.39, 0.29) is 5.75 Å². The molecule has 29 heavy (non-hydrogen) atoms. The zero-order chi connectivity index (χ0) is 20.9. The number of aromatic nitrogens is 4. The first-order valence-electron chi connectivity index (χ1n) is 9.27. The molecular formula is C17H26N8O3S. The summed E-state index contributed by atoms with van der Waals surface area (Å²) in [6, 6.07) is 1.56. The van der Waals surface area contributed by atoms with Crippen molar-refractivity contribution in [2.45, 2.75) is 19.2 Å².